The highest BCUT2D eigenvalue weighted by atomic mass is 16.4. The van der Waals surface area contributed by atoms with Gasteiger partial charge < -0.3 is 5.11 Å². The number of rotatable bonds is 5. The van der Waals surface area contributed by atoms with Crippen LogP contribution in [-0.4, -0.2) is 11.1 Å². The highest BCUT2D eigenvalue weighted by Crippen LogP contribution is 2.30. The molecule has 0 aliphatic carbocycles. The summed E-state index contributed by atoms with van der Waals surface area (Å²) in [7, 11) is 0. The summed E-state index contributed by atoms with van der Waals surface area (Å²) in [6, 6.07) is 6.60. The van der Waals surface area contributed by atoms with E-state index >= 15 is 0 Å². The van der Waals surface area contributed by atoms with Crippen LogP contribution in [0.15, 0.2) is 24.3 Å². The van der Waals surface area contributed by atoms with Gasteiger partial charge in [0.2, 0.25) is 0 Å². The third-order valence-corrected chi connectivity index (χ3v) is 3.61. The van der Waals surface area contributed by atoms with E-state index in [0.717, 1.165) is 18.4 Å². The first-order valence-corrected chi connectivity index (χ1v) is 7.34. The highest BCUT2D eigenvalue weighted by molar-refractivity contribution is 5.75. The molecule has 20 heavy (non-hydrogen) atoms. The van der Waals surface area contributed by atoms with E-state index in [1.807, 2.05) is 6.08 Å². The Kier molecular flexibility index (Phi) is 5.55. The van der Waals surface area contributed by atoms with E-state index in [9.17, 15) is 4.79 Å². The van der Waals surface area contributed by atoms with Gasteiger partial charge in [-0.05, 0) is 40.5 Å². The minimum Gasteiger partial charge on any atom is -0.481 e. The van der Waals surface area contributed by atoms with E-state index in [2.05, 4.69) is 52.8 Å². The van der Waals surface area contributed by atoms with Gasteiger partial charge in [-0.1, -0.05) is 58.9 Å². The first kappa shape index (κ1) is 16.5. The second kappa shape index (κ2) is 6.74. The predicted molar refractivity (Wildman–Crippen MR) is 85.0 cm³/mol. The minimum atomic E-state index is -0.777. The van der Waals surface area contributed by atoms with E-state index in [4.69, 9.17) is 5.11 Å². The van der Waals surface area contributed by atoms with Crippen molar-refractivity contribution < 1.29 is 9.90 Å². The molecule has 0 aliphatic heterocycles. The van der Waals surface area contributed by atoms with Gasteiger partial charge in [0.15, 0.2) is 0 Å². The van der Waals surface area contributed by atoms with Crippen LogP contribution in [0, 0.1) is 0 Å². The number of benzene rings is 1. The average molecular weight is 274 g/mol. The number of aryl methyl sites for hydroxylation is 1. The summed E-state index contributed by atoms with van der Waals surface area (Å²) < 4.78 is 0. The first-order valence-electron chi connectivity index (χ1n) is 7.34. The third kappa shape index (κ3) is 4.22. The van der Waals surface area contributed by atoms with Gasteiger partial charge in [0, 0.05) is 0 Å². The van der Waals surface area contributed by atoms with Gasteiger partial charge in [-0.3, -0.25) is 4.79 Å². The number of hydrogen-bond acceptors (Lipinski definition) is 1. The molecular weight excluding hydrogens is 248 g/mol. The molecule has 0 fully saturated rings. The summed E-state index contributed by atoms with van der Waals surface area (Å²) in [5, 5.41) is 8.87. The van der Waals surface area contributed by atoms with E-state index in [1.54, 1.807) is 0 Å². The Hall–Kier alpha value is -1.57. The summed E-state index contributed by atoms with van der Waals surface area (Å²) in [6.45, 7) is 10.8. The average Bonchev–Trinajstić information content (AvgIpc) is 2.37. The second-order valence-corrected chi connectivity index (χ2v) is 6.16. The molecule has 2 nitrogen and oxygen atoms in total. The molecule has 0 bridgehead atoms. The van der Waals surface area contributed by atoms with Crippen LogP contribution in [0.5, 0.6) is 0 Å². The fourth-order valence-corrected chi connectivity index (χ4v) is 2.31. The van der Waals surface area contributed by atoms with Gasteiger partial charge in [0.1, 0.15) is 0 Å². The smallest absolute Gasteiger partial charge is 0.307 e. The lowest BCUT2D eigenvalue weighted by Gasteiger charge is -2.22. The molecule has 1 aromatic carbocycles. The predicted octanol–water partition coefficient (Wildman–Crippen LogP) is 4.81. The van der Waals surface area contributed by atoms with Gasteiger partial charge >= 0.3 is 5.97 Å². The number of allylic oxidation sites excluding steroid dienone is 1. The molecule has 2 heteroatoms. The van der Waals surface area contributed by atoms with Crippen LogP contribution < -0.4 is 0 Å². The number of hydrogen-bond donors (Lipinski definition) is 1. The molecule has 0 saturated carbocycles. The SMILES string of the molecule is CC/C(=C\CC(=O)O)c1cc(C(C)(C)C)ccc1CC. The zero-order valence-corrected chi connectivity index (χ0v) is 13.3. The van der Waals surface area contributed by atoms with Gasteiger partial charge in [0.25, 0.3) is 0 Å². The van der Waals surface area contributed by atoms with Crippen molar-refractivity contribution in [2.24, 2.45) is 0 Å². The van der Waals surface area contributed by atoms with Crippen LogP contribution in [0.3, 0.4) is 0 Å². The normalized spacial score (nSPS) is 12.6. The van der Waals surface area contributed by atoms with Gasteiger partial charge in [0.05, 0.1) is 6.42 Å². The Bertz CT molecular complexity index is 505. The van der Waals surface area contributed by atoms with Crippen LogP contribution in [0.1, 0.15) is 64.2 Å². The Balaban J connectivity index is 3.31. The highest BCUT2D eigenvalue weighted by Gasteiger charge is 2.16. The van der Waals surface area contributed by atoms with E-state index in [1.165, 1.54) is 16.7 Å². The van der Waals surface area contributed by atoms with Crippen molar-refractivity contribution in [3.8, 4) is 0 Å². The Morgan fingerprint density at radius 3 is 2.35 bits per heavy atom. The molecule has 1 rings (SSSR count). The largest absolute Gasteiger partial charge is 0.481 e. The molecular formula is C18H26O2. The maximum Gasteiger partial charge on any atom is 0.307 e. The van der Waals surface area contributed by atoms with Crippen molar-refractivity contribution in [1.29, 1.82) is 0 Å². The molecule has 0 amide bonds. The van der Waals surface area contributed by atoms with Crippen LogP contribution in [-0.2, 0) is 16.6 Å². The van der Waals surface area contributed by atoms with Crippen LogP contribution in [0.2, 0.25) is 0 Å². The lowest BCUT2D eigenvalue weighted by Crippen LogP contribution is -2.12. The van der Waals surface area contributed by atoms with Crippen molar-refractivity contribution >= 4 is 11.5 Å². The summed E-state index contributed by atoms with van der Waals surface area (Å²) in [5.74, 6) is -0.777. The fraction of sp³-hybridized carbons (Fsp3) is 0.500. The van der Waals surface area contributed by atoms with E-state index < -0.39 is 5.97 Å². The second-order valence-electron chi connectivity index (χ2n) is 6.16. The third-order valence-electron chi connectivity index (χ3n) is 3.61. The number of carboxylic acids is 1. The van der Waals surface area contributed by atoms with E-state index in [0.29, 0.717) is 0 Å². The maximum absolute atomic E-state index is 10.8. The summed E-state index contributed by atoms with van der Waals surface area (Å²) in [4.78, 5) is 10.8. The number of carboxylic acid groups (broad SMARTS) is 1. The molecule has 0 heterocycles. The Morgan fingerprint density at radius 2 is 1.90 bits per heavy atom. The Labute approximate surface area is 122 Å². The Morgan fingerprint density at radius 1 is 1.25 bits per heavy atom. The molecule has 0 radical (unpaired) electrons. The lowest BCUT2D eigenvalue weighted by atomic mass is 9.83. The van der Waals surface area contributed by atoms with Crippen molar-refractivity contribution in [2.45, 2.75) is 59.3 Å². The molecule has 110 valence electrons. The molecule has 1 N–H and O–H groups in total. The molecule has 0 aliphatic rings. The van der Waals surface area contributed by atoms with Crippen LogP contribution >= 0.6 is 0 Å². The molecule has 1 aromatic rings. The molecule has 0 unspecified atom stereocenters. The first-order chi connectivity index (χ1) is 9.29. The van der Waals surface area contributed by atoms with Crippen molar-refractivity contribution in [3.05, 3.63) is 41.0 Å². The van der Waals surface area contributed by atoms with Crippen LogP contribution in [0.25, 0.3) is 5.57 Å². The van der Waals surface area contributed by atoms with Crippen LogP contribution in [0.4, 0.5) is 0 Å². The number of carbonyl (C=O) groups is 1. The van der Waals surface area contributed by atoms with Crippen molar-refractivity contribution in [2.75, 3.05) is 0 Å². The zero-order valence-electron chi connectivity index (χ0n) is 13.3. The maximum atomic E-state index is 10.8. The number of aliphatic carboxylic acids is 1. The molecule has 0 aromatic heterocycles. The monoisotopic (exact) mass is 274 g/mol. The van der Waals surface area contributed by atoms with Gasteiger partial charge in [-0.15, -0.1) is 0 Å². The summed E-state index contributed by atoms with van der Waals surface area (Å²) in [5.41, 5.74) is 5.03. The standard InChI is InChI=1S/C18H26O2/c1-6-13-8-10-15(18(3,4)5)12-16(13)14(7-2)9-11-17(19)20/h8-10,12H,6-7,11H2,1-5H3,(H,19,20)/b14-9+. The van der Waals surface area contributed by atoms with Crippen molar-refractivity contribution in [1.82, 2.24) is 0 Å². The molecule has 0 spiro atoms. The molecule has 0 atom stereocenters. The summed E-state index contributed by atoms with van der Waals surface area (Å²) >= 11 is 0. The summed E-state index contributed by atoms with van der Waals surface area (Å²) in [6.07, 6.45) is 3.76. The topological polar surface area (TPSA) is 37.3 Å². The van der Waals surface area contributed by atoms with Crippen molar-refractivity contribution in [3.63, 3.8) is 0 Å². The lowest BCUT2D eigenvalue weighted by molar-refractivity contribution is -0.135. The molecule has 0 saturated heterocycles. The quantitative estimate of drug-likeness (QED) is 0.836. The minimum absolute atomic E-state index is 0.0894. The van der Waals surface area contributed by atoms with Gasteiger partial charge in [-0.25, -0.2) is 0 Å². The fourth-order valence-electron chi connectivity index (χ4n) is 2.31. The van der Waals surface area contributed by atoms with Gasteiger partial charge in [-0.2, -0.15) is 0 Å². The van der Waals surface area contributed by atoms with E-state index in [-0.39, 0.29) is 11.8 Å². The zero-order chi connectivity index (χ0) is 15.3.